The quantitative estimate of drug-likeness (QED) is 0.219. The second kappa shape index (κ2) is 12.8. The van der Waals surface area contributed by atoms with Crippen LogP contribution in [0, 0.1) is 0 Å². The van der Waals surface area contributed by atoms with Crippen LogP contribution in [0.25, 0.3) is 16.7 Å². The standard InChI is InChI=1S/C33H38N4O8/c1-21(13-18-26(38)39)35-25-19-20-34-28(37(30(41)44-32(2,3)4)31(42)45-33(5,6)7)27(25)36(29(35)40)22-14-16-24(17-15-22)43-23-11-9-8-10-12-23/h8-12,14-17,19-21H,13,18H2,1-7H3,(H,38,39)/t21-/m1/s1. The lowest BCUT2D eigenvalue weighted by Crippen LogP contribution is -2.44. The van der Waals surface area contributed by atoms with Gasteiger partial charge in [-0.1, -0.05) is 18.2 Å². The maximum atomic E-state index is 14.2. The van der Waals surface area contributed by atoms with Gasteiger partial charge in [-0.25, -0.2) is 19.4 Å². The first-order chi connectivity index (χ1) is 21.1. The van der Waals surface area contributed by atoms with Crippen molar-refractivity contribution in [3.63, 3.8) is 0 Å². The number of rotatable bonds is 8. The summed E-state index contributed by atoms with van der Waals surface area (Å²) in [6.45, 7) is 11.7. The monoisotopic (exact) mass is 618 g/mol. The Morgan fingerprint density at radius 3 is 1.96 bits per heavy atom. The van der Waals surface area contributed by atoms with Crippen LogP contribution >= 0.6 is 0 Å². The van der Waals surface area contributed by atoms with E-state index in [9.17, 15) is 24.3 Å². The summed E-state index contributed by atoms with van der Waals surface area (Å²) in [7, 11) is 0. The summed E-state index contributed by atoms with van der Waals surface area (Å²) in [6, 6.07) is 16.9. The fourth-order valence-electron chi connectivity index (χ4n) is 4.59. The number of imidazole rings is 1. The van der Waals surface area contributed by atoms with Gasteiger partial charge >= 0.3 is 23.8 Å². The molecule has 0 fully saturated rings. The van der Waals surface area contributed by atoms with Crippen molar-refractivity contribution >= 4 is 35.0 Å². The third-order valence-electron chi connectivity index (χ3n) is 6.42. The molecule has 0 aliphatic carbocycles. The molecule has 2 amide bonds. The zero-order valence-corrected chi connectivity index (χ0v) is 26.4. The van der Waals surface area contributed by atoms with Crippen LogP contribution < -0.4 is 15.3 Å². The molecule has 4 aromatic rings. The maximum Gasteiger partial charge on any atom is 0.425 e. The van der Waals surface area contributed by atoms with Gasteiger partial charge in [0.1, 0.15) is 28.2 Å². The molecule has 2 aromatic heterocycles. The average Bonchev–Trinajstić information content (AvgIpc) is 3.23. The van der Waals surface area contributed by atoms with Crippen molar-refractivity contribution in [3.05, 3.63) is 77.3 Å². The number of carbonyl (C=O) groups excluding carboxylic acids is 2. The van der Waals surface area contributed by atoms with Gasteiger partial charge < -0.3 is 19.3 Å². The second-order valence-electron chi connectivity index (χ2n) is 12.5. The third-order valence-corrected chi connectivity index (χ3v) is 6.42. The Labute approximate surface area is 260 Å². The molecule has 0 aliphatic heterocycles. The first kappa shape index (κ1) is 32.8. The SMILES string of the molecule is C[C@H](CCC(=O)O)n1c(=O)n(-c2ccc(Oc3ccccc3)cc2)c2c(N(C(=O)OC(C)(C)C)C(=O)OC(C)(C)C)nccc21. The molecule has 0 radical (unpaired) electrons. The summed E-state index contributed by atoms with van der Waals surface area (Å²) < 4.78 is 19.8. The zero-order valence-electron chi connectivity index (χ0n) is 26.4. The smallest absolute Gasteiger partial charge is 0.425 e. The molecule has 238 valence electrons. The number of carbonyl (C=O) groups is 3. The molecule has 0 aliphatic rings. The van der Waals surface area contributed by atoms with Gasteiger partial charge in [-0.05, 0) is 97.4 Å². The van der Waals surface area contributed by atoms with Crippen LogP contribution in [-0.4, -0.2) is 48.6 Å². The van der Waals surface area contributed by atoms with Crippen LogP contribution in [0.1, 0.15) is 67.3 Å². The Hall–Kier alpha value is -5.13. The molecule has 12 nitrogen and oxygen atoms in total. The van der Waals surface area contributed by atoms with Crippen LogP contribution in [-0.2, 0) is 14.3 Å². The van der Waals surface area contributed by atoms with E-state index in [-0.39, 0.29) is 24.2 Å². The Morgan fingerprint density at radius 2 is 1.42 bits per heavy atom. The number of ether oxygens (including phenoxy) is 3. The van der Waals surface area contributed by atoms with E-state index >= 15 is 0 Å². The molecular weight excluding hydrogens is 580 g/mol. The van der Waals surface area contributed by atoms with E-state index in [2.05, 4.69) is 4.98 Å². The lowest BCUT2D eigenvalue weighted by atomic mass is 10.2. The van der Waals surface area contributed by atoms with Gasteiger partial charge in [-0.3, -0.25) is 13.9 Å². The normalized spacial score (nSPS) is 12.4. The van der Waals surface area contributed by atoms with E-state index < -0.39 is 41.1 Å². The van der Waals surface area contributed by atoms with Gasteiger partial charge in [0.05, 0.1) is 11.2 Å². The molecule has 0 spiro atoms. The van der Waals surface area contributed by atoms with Crippen LogP contribution in [0.2, 0.25) is 0 Å². The molecule has 4 rings (SSSR count). The first-order valence-electron chi connectivity index (χ1n) is 14.5. The average molecular weight is 619 g/mol. The molecule has 2 aromatic carbocycles. The van der Waals surface area contributed by atoms with Crippen LogP contribution in [0.4, 0.5) is 15.4 Å². The Kier molecular flexibility index (Phi) is 9.36. The van der Waals surface area contributed by atoms with E-state index in [0.29, 0.717) is 27.6 Å². The highest BCUT2D eigenvalue weighted by molar-refractivity contribution is 6.13. The van der Waals surface area contributed by atoms with Gasteiger partial charge in [0.25, 0.3) is 0 Å². The van der Waals surface area contributed by atoms with Gasteiger partial charge in [0.15, 0.2) is 5.82 Å². The minimum Gasteiger partial charge on any atom is -0.481 e. The number of hydrogen-bond acceptors (Lipinski definition) is 8. The molecular formula is C33H38N4O8. The lowest BCUT2D eigenvalue weighted by molar-refractivity contribution is -0.137. The number of hydrogen-bond donors (Lipinski definition) is 1. The summed E-state index contributed by atoms with van der Waals surface area (Å²) >= 11 is 0. The van der Waals surface area contributed by atoms with Crippen molar-refractivity contribution in [2.24, 2.45) is 0 Å². The predicted molar refractivity (Wildman–Crippen MR) is 168 cm³/mol. The molecule has 2 heterocycles. The number of pyridine rings is 1. The largest absolute Gasteiger partial charge is 0.481 e. The highest BCUT2D eigenvalue weighted by Gasteiger charge is 2.36. The number of benzene rings is 2. The highest BCUT2D eigenvalue weighted by atomic mass is 16.6. The zero-order chi connectivity index (χ0) is 33.1. The van der Waals surface area contributed by atoms with E-state index in [1.165, 1.54) is 15.3 Å². The molecule has 0 bridgehead atoms. The molecule has 1 atom stereocenters. The molecule has 45 heavy (non-hydrogen) atoms. The number of anilines is 1. The van der Waals surface area contributed by atoms with Crippen molar-refractivity contribution < 1.29 is 33.7 Å². The molecule has 0 saturated carbocycles. The Bertz CT molecular complexity index is 1720. The minimum absolute atomic E-state index is 0.123. The summed E-state index contributed by atoms with van der Waals surface area (Å²) in [5.74, 6) is -0.0555. The van der Waals surface area contributed by atoms with E-state index in [1.54, 1.807) is 78.8 Å². The number of imide groups is 1. The number of aliphatic carboxylic acids is 1. The Morgan fingerprint density at radius 1 is 0.867 bits per heavy atom. The van der Waals surface area contributed by atoms with E-state index in [0.717, 1.165) is 0 Å². The lowest BCUT2D eigenvalue weighted by Gasteiger charge is -2.28. The number of carboxylic acid groups (broad SMARTS) is 1. The second-order valence-corrected chi connectivity index (χ2v) is 12.5. The van der Waals surface area contributed by atoms with E-state index in [1.807, 2.05) is 30.3 Å². The molecule has 0 unspecified atom stereocenters. The number of aromatic nitrogens is 3. The van der Waals surface area contributed by atoms with E-state index in [4.69, 9.17) is 14.2 Å². The fraction of sp³-hybridized carbons (Fsp3) is 0.364. The number of nitrogens with zero attached hydrogens (tertiary/aromatic N) is 4. The maximum absolute atomic E-state index is 14.2. The molecule has 12 heteroatoms. The molecule has 0 saturated heterocycles. The summed E-state index contributed by atoms with van der Waals surface area (Å²) in [5, 5.41) is 9.31. The first-order valence-corrected chi connectivity index (χ1v) is 14.5. The van der Waals surface area contributed by atoms with Gasteiger partial charge in [0.2, 0.25) is 0 Å². The van der Waals surface area contributed by atoms with Crippen molar-refractivity contribution in [3.8, 4) is 17.2 Å². The Balaban J connectivity index is 1.95. The summed E-state index contributed by atoms with van der Waals surface area (Å²) in [5.41, 5.74) is -1.64. The van der Waals surface area contributed by atoms with Crippen molar-refractivity contribution in [1.29, 1.82) is 0 Å². The number of fused-ring (bicyclic) bond motifs is 1. The number of amides is 2. The minimum atomic E-state index is -1.05. The predicted octanol–water partition coefficient (Wildman–Crippen LogP) is 7.08. The van der Waals surface area contributed by atoms with Crippen LogP contribution in [0.15, 0.2) is 71.7 Å². The topological polar surface area (TPSA) is 142 Å². The van der Waals surface area contributed by atoms with Crippen LogP contribution in [0.5, 0.6) is 11.5 Å². The third kappa shape index (κ3) is 7.88. The van der Waals surface area contributed by atoms with Crippen LogP contribution in [0.3, 0.4) is 0 Å². The highest BCUT2D eigenvalue weighted by Crippen LogP contribution is 2.32. The number of carboxylic acids is 1. The molecule has 1 N–H and O–H groups in total. The fourth-order valence-corrected chi connectivity index (χ4v) is 4.59. The number of para-hydroxylation sites is 1. The summed E-state index contributed by atoms with van der Waals surface area (Å²) in [4.78, 5) is 57.8. The van der Waals surface area contributed by atoms with Crippen molar-refractivity contribution in [2.75, 3.05) is 4.90 Å². The van der Waals surface area contributed by atoms with Crippen molar-refractivity contribution in [1.82, 2.24) is 14.1 Å². The van der Waals surface area contributed by atoms with Gasteiger partial charge in [0, 0.05) is 18.7 Å². The summed E-state index contributed by atoms with van der Waals surface area (Å²) in [6.07, 6.45) is -0.757. The van der Waals surface area contributed by atoms with Crippen molar-refractivity contribution in [2.45, 2.75) is 78.6 Å². The van der Waals surface area contributed by atoms with Gasteiger partial charge in [-0.15, -0.1) is 0 Å². The van der Waals surface area contributed by atoms with Gasteiger partial charge in [-0.2, -0.15) is 4.90 Å².